The van der Waals surface area contributed by atoms with Gasteiger partial charge in [-0.3, -0.25) is 0 Å². The Labute approximate surface area is 120 Å². The molecule has 2 atom stereocenters. The third-order valence-corrected chi connectivity index (χ3v) is 4.87. The molecule has 1 N–H and O–H groups in total. The van der Waals surface area contributed by atoms with Crippen LogP contribution < -0.4 is 5.32 Å². The van der Waals surface area contributed by atoms with Crippen LogP contribution in [0, 0.1) is 0 Å². The Kier molecular flexibility index (Phi) is 3.84. The first-order valence-electron chi connectivity index (χ1n) is 7.32. The molecule has 2 fully saturated rings. The van der Waals surface area contributed by atoms with E-state index in [4.69, 9.17) is 16.3 Å². The summed E-state index contributed by atoms with van der Waals surface area (Å²) in [6.07, 6.45) is 6.13. The molecule has 1 heterocycles. The van der Waals surface area contributed by atoms with E-state index in [0.29, 0.717) is 12.1 Å². The van der Waals surface area contributed by atoms with Gasteiger partial charge >= 0.3 is 0 Å². The van der Waals surface area contributed by atoms with Gasteiger partial charge in [-0.05, 0) is 56.7 Å². The average molecular weight is 280 g/mol. The molecular formula is C16H22ClNO. The molecular weight excluding hydrogens is 258 g/mol. The summed E-state index contributed by atoms with van der Waals surface area (Å²) in [6, 6.07) is 9.10. The van der Waals surface area contributed by atoms with Crippen molar-refractivity contribution >= 4 is 11.6 Å². The summed E-state index contributed by atoms with van der Waals surface area (Å²) in [5, 5.41) is 4.56. The summed E-state index contributed by atoms with van der Waals surface area (Å²) in [4.78, 5) is 0. The van der Waals surface area contributed by atoms with Crippen LogP contribution in [0.3, 0.4) is 0 Å². The minimum Gasteiger partial charge on any atom is -0.375 e. The standard InChI is InChI=1S/C16H22ClNO/c1-12(13-3-5-14(17)6-4-13)18-15-7-10-19-16(11-15)8-2-9-16/h3-6,12,15,18H,2,7-11H2,1H3/t12-,15?/m1/s1. The van der Waals surface area contributed by atoms with Crippen LogP contribution in [0.15, 0.2) is 24.3 Å². The van der Waals surface area contributed by atoms with Crippen molar-refractivity contribution in [2.24, 2.45) is 0 Å². The number of halogens is 1. The van der Waals surface area contributed by atoms with Crippen molar-refractivity contribution in [2.75, 3.05) is 6.61 Å². The summed E-state index contributed by atoms with van der Waals surface area (Å²) >= 11 is 5.94. The summed E-state index contributed by atoms with van der Waals surface area (Å²) in [7, 11) is 0. The van der Waals surface area contributed by atoms with Crippen LogP contribution >= 0.6 is 11.6 Å². The van der Waals surface area contributed by atoms with E-state index in [9.17, 15) is 0 Å². The lowest BCUT2D eigenvalue weighted by Crippen LogP contribution is -2.51. The molecule has 2 aliphatic rings. The number of hydrogen-bond acceptors (Lipinski definition) is 2. The second-order valence-corrected chi connectivity index (χ2v) is 6.45. The largest absolute Gasteiger partial charge is 0.375 e. The molecule has 1 unspecified atom stereocenters. The quantitative estimate of drug-likeness (QED) is 0.900. The Bertz CT molecular complexity index is 427. The van der Waals surface area contributed by atoms with Crippen molar-refractivity contribution in [3.8, 4) is 0 Å². The molecule has 1 saturated carbocycles. The molecule has 0 amide bonds. The van der Waals surface area contributed by atoms with Gasteiger partial charge in [0.2, 0.25) is 0 Å². The van der Waals surface area contributed by atoms with E-state index in [2.05, 4.69) is 24.4 Å². The SMILES string of the molecule is C[C@@H](NC1CCOC2(CCC2)C1)c1ccc(Cl)cc1. The third-order valence-electron chi connectivity index (χ3n) is 4.61. The fraction of sp³-hybridized carbons (Fsp3) is 0.625. The van der Waals surface area contributed by atoms with Crippen LogP contribution in [0.25, 0.3) is 0 Å². The molecule has 3 heteroatoms. The van der Waals surface area contributed by atoms with Gasteiger partial charge in [0.05, 0.1) is 5.60 Å². The highest BCUT2D eigenvalue weighted by atomic mass is 35.5. The Morgan fingerprint density at radius 3 is 2.68 bits per heavy atom. The minimum atomic E-state index is 0.218. The third kappa shape index (κ3) is 2.96. The van der Waals surface area contributed by atoms with Gasteiger partial charge in [0.15, 0.2) is 0 Å². The van der Waals surface area contributed by atoms with Crippen molar-refractivity contribution in [2.45, 2.75) is 56.7 Å². The summed E-state index contributed by atoms with van der Waals surface area (Å²) in [5.41, 5.74) is 1.52. The number of benzene rings is 1. The van der Waals surface area contributed by atoms with Crippen LogP contribution in [-0.4, -0.2) is 18.2 Å². The Hall–Kier alpha value is -0.570. The predicted molar refractivity (Wildman–Crippen MR) is 78.6 cm³/mol. The number of ether oxygens (including phenoxy) is 1. The summed E-state index contributed by atoms with van der Waals surface area (Å²) in [5.74, 6) is 0. The van der Waals surface area contributed by atoms with Crippen molar-refractivity contribution < 1.29 is 4.74 Å². The number of hydrogen-bond donors (Lipinski definition) is 1. The molecule has 19 heavy (non-hydrogen) atoms. The lowest BCUT2D eigenvalue weighted by molar-refractivity contribution is -0.136. The lowest BCUT2D eigenvalue weighted by Gasteiger charge is -2.47. The molecule has 1 spiro atoms. The van der Waals surface area contributed by atoms with Crippen molar-refractivity contribution in [3.63, 3.8) is 0 Å². The van der Waals surface area contributed by atoms with Gasteiger partial charge in [-0.2, -0.15) is 0 Å². The molecule has 3 rings (SSSR count). The minimum absolute atomic E-state index is 0.218. The van der Waals surface area contributed by atoms with Crippen molar-refractivity contribution in [1.29, 1.82) is 0 Å². The molecule has 1 saturated heterocycles. The molecule has 0 aromatic heterocycles. The molecule has 1 aliphatic carbocycles. The van der Waals surface area contributed by atoms with Gasteiger partial charge in [-0.1, -0.05) is 23.7 Å². The topological polar surface area (TPSA) is 21.3 Å². The molecule has 104 valence electrons. The number of nitrogens with one attached hydrogen (secondary N) is 1. The van der Waals surface area contributed by atoms with Crippen LogP contribution in [0.4, 0.5) is 0 Å². The van der Waals surface area contributed by atoms with Gasteiger partial charge in [-0.15, -0.1) is 0 Å². The van der Waals surface area contributed by atoms with Gasteiger partial charge in [-0.25, -0.2) is 0 Å². The molecule has 0 radical (unpaired) electrons. The van der Waals surface area contributed by atoms with Crippen LogP contribution in [0.5, 0.6) is 0 Å². The maximum absolute atomic E-state index is 5.98. The zero-order chi connectivity index (χ0) is 13.3. The van der Waals surface area contributed by atoms with E-state index in [0.717, 1.165) is 18.1 Å². The van der Waals surface area contributed by atoms with E-state index in [1.807, 2.05) is 12.1 Å². The smallest absolute Gasteiger partial charge is 0.0697 e. The molecule has 1 aromatic carbocycles. The maximum atomic E-state index is 5.98. The summed E-state index contributed by atoms with van der Waals surface area (Å²) < 4.78 is 5.98. The maximum Gasteiger partial charge on any atom is 0.0697 e. The van der Waals surface area contributed by atoms with Crippen molar-refractivity contribution in [3.05, 3.63) is 34.9 Å². The van der Waals surface area contributed by atoms with E-state index >= 15 is 0 Å². The Morgan fingerprint density at radius 2 is 2.05 bits per heavy atom. The number of rotatable bonds is 3. The van der Waals surface area contributed by atoms with Gasteiger partial charge in [0.1, 0.15) is 0 Å². The molecule has 0 bridgehead atoms. The normalized spacial score (nSPS) is 26.9. The fourth-order valence-electron chi connectivity index (χ4n) is 3.29. The van der Waals surface area contributed by atoms with E-state index in [-0.39, 0.29) is 5.60 Å². The van der Waals surface area contributed by atoms with Gasteiger partial charge < -0.3 is 10.1 Å². The van der Waals surface area contributed by atoms with Crippen molar-refractivity contribution in [1.82, 2.24) is 5.32 Å². The van der Waals surface area contributed by atoms with Gasteiger partial charge in [0.25, 0.3) is 0 Å². The predicted octanol–water partition coefficient (Wildman–Crippen LogP) is 4.09. The molecule has 1 aliphatic heterocycles. The first-order chi connectivity index (χ1) is 9.17. The van der Waals surface area contributed by atoms with Crippen LogP contribution in [0.2, 0.25) is 5.02 Å². The summed E-state index contributed by atoms with van der Waals surface area (Å²) in [6.45, 7) is 3.14. The zero-order valence-corrected chi connectivity index (χ0v) is 12.2. The average Bonchev–Trinajstić information content (AvgIpc) is 2.38. The fourth-order valence-corrected chi connectivity index (χ4v) is 3.42. The first-order valence-corrected chi connectivity index (χ1v) is 7.70. The Morgan fingerprint density at radius 1 is 1.32 bits per heavy atom. The lowest BCUT2D eigenvalue weighted by atomic mass is 9.74. The van der Waals surface area contributed by atoms with Crippen LogP contribution in [0.1, 0.15) is 50.6 Å². The van der Waals surface area contributed by atoms with E-state index in [1.165, 1.54) is 31.2 Å². The van der Waals surface area contributed by atoms with Crippen LogP contribution in [-0.2, 0) is 4.74 Å². The highest BCUT2D eigenvalue weighted by molar-refractivity contribution is 6.30. The zero-order valence-electron chi connectivity index (χ0n) is 11.5. The van der Waals surface area contributed by atoms with E-state index in [1.54, 1.807) is 0 Å². The van der Waals surface area contributed by atoms with E-state index < -0.39 is 0 Å². The second-order valence-electron chi connectivity index (χ2n) is 6.01. The Balaban J connectivity index is 1.59. The highest BCUT2D eigenvalue weighted by Gasteiger charge is 2.42. The molecule has 2 nitrogen and oxygen atoms in total. The highest BCUT2D eigenvalue weighted by Crippen LogP contribution is 2.42. The van der Waals surface area contributed by atoms with Gasteiger partial charge in [0, 0.05) is 23.7 Å². The second kappa shape index (κ2) is 5.43. The first kappa shape index (κ1) is 13.4. The molecule has 1 aromatic rings. The monoisotopic (exact) mass is 279 g/mol.